The molecule has 0 aliphatic carbocycles. The molecule has 1 amide bonds. The van der Waals surface area contributed by atoms with Gasteiger partial charge in [0.2, 0.25) is 5.91 Å². The largest absolute Gasteiger partial charge is 0.497 e. The maximum atomic E-state index is 12.0. The molecule has 0 atom stereocenters. The molecule has 1 aliphatic rings. The second-order valence-electron chi connectivity index (χ2n) is 4.44. The van der Waals surface area contributed by atoms with Gasteiger partial charge >= 0.3 is 0 Å². The van der Waals surface area contributed by atoms with Crippen molar-refractivity contribution in [2.45, 2.75) is 25.7 Å². The first kappa shape index (κ1) is 13.4. The molecular weight excluding hydrogens is 294 g/mol. The van der Waals surface area contributed by atoms with Crippen LogP contribution < -0.4 is 9.64 Å². The Bertz CT molecular complexity index is 434. The molecule has 0 saturated heterocycles. The van der Waals surface area contributed by atoms with Crippen LogP contribution in [-0.4, -0.2) is 24.9 Å². The third kappa shape index (κ3) is 2.86. The fraction of sp³-hybridized carbons (Fsp3) is 0.500. The lowest BCUT2D eigenvalue weighted by molar-refractivity contribution is -0.118. The van der Waals surface area contributed by atoms with Crippen molar-refractivity contribution >= 4 is 27.5 Å². The van der Waals surface area contributed by atoms with Crippen molar-refractivity contribution in [2.24, 2.45) is 0 Å². The van der Waals surface area contributed by atoms with Crippen molar-refractivity contribution in [1.82, 2.24) is 0 Å². The maximum absolute atomic E-state index is 12.0. The van der Waals surface area contributed by atoms with E-state index in [0.29, 0.717) is 6.42 Å². The third-order valence-electron chi connectivity index (χ3n) is 3.25. The molecule has 1 aromatic rings. The highest BCUT2D eigenvalue weighted by molar-refractivity contribution is 9.09. The van der Waals surface area contributed by atoms with Gasteiger partial charge in [0.05, 0.1) is 7.11 Å². The van der Waals surface area contributed by atoms with E-state index >= 15 is 0 Å². The van der Waals surface area contributed by atoms with Gasteiger partial charge in [-0.1, -0.05) is 15.9 Å². The van der Waals surface area contributed by atoms with E-state index in [4.69, 9.17) is 4.74 Å². The Morgan fingerprint density at radius 3 is 2.89 bits per heavy atom. The molecular formula is C14H18BrNO2. The molecule has 98 valence electrons. The third-order valence-corrected chi connectivity index (χ3v) is 3.81. The SMILES string of the molecule is COc1ccc2c(c1)CCC(=O)N2CCCCBr. The van der Waals surface area contributed by atoms with E-state index < -0.39 is 0 Å². The van der Waals surface area contributed by atoms with E-state index in [2.05, 4.69) is 15.9 Å². The average molecular weight is 312 g/mol. The lowest BCUT2D eigenvalue weighted by Crippen LogP contribution is -2.35. The number of ether oxygens (including phenoxy) is 1. The molecule has 1 heterocycles. The zero-order valence-electron chi connectivity index (χ0n) is 10.6. The monoisotopic (exact) mass is 311 g/mol. The number of unbranched alkanes of at least 4 members (excludes halogenated alkanes) is 1. The van der Waals surface area contributed by atoms with E-state index in [1.807, 2.05) is 23.1 Å². The molecule has 0 fully saturated rings. The van der Waals surface area contributed by atoms with Gasteiger partial charge < -0.3 is 9.64 Å². The molecule has 1 aromatic carbocycles. The molecule has 0 N–H and O–H groups in total. The predicted octanol–water partition coefficient (Wildman–Crippen LogP) is 3.15. The number of nitrogens with zero attached hydrogens (tertiary/aromatic N) is 1. The summed E-state index contributed by atoms with van der Waals surface area (Å²) in [6.45, 7) is 0.809. The van der Waals surface area contributed by atoms with E-state index in [0.717, 1.165) is 42.6 Å². The van der Waals surface area contributed by atoms with E-state index in [1.165, 1.54) is 5.56 Å². The smallest absolute Gasteiger partial charge is 0.227 e. The van der Waals surface area contributed by atoms with Crippen LogP contribution in [0.1, 0.15) is 24.8 Å². The molecule has 0 radical (unpaired) electrons. The second kappa shape index (κ2) is 6.23. The molecule has 18 heavy (non-hydrogen) atoms. The summed E-state index contributed by atoms with van der Waals surface area (Å²) in [5.74, 6) is 1.10. The molecule has 0 aromatic heterocycles. The number of hydrogen-bond acceptors (Lipinski definition) is 2. The summed E-state index contributed by atoms with van der Waals surface area (Å²) in [5, 5.41) is 0.991. The average Bonchev–Trinajstić information content (AvgIpc) is 2.41. The molecule has 0 unspecified atom stereocenters. The van der Waals surface area contributed by atoms with Crippen LogP contribution in [0.2, 0.25) is 0 Å². The maximum Gasteiger partial charge on any atom is 0.227 e. The molecule has 3 nitrogen and oxygen atoms in total. The second-order valence-corrected chi connectivity index (χ2v) is 5.23. The number of halogens is 1. The Morgan fingerprint density at radius 2 is 2.17 bits per heavy atom. The number of methoxy groups -OCH3 is 1. The highest BCUT2D eigenvalue weighted by atomic mass is 79.9. The number of carbonyl (C=O) groups excluding carboxylic acids is 1. The van der Waals surface area contributed by atoms with Crippen molar-refractivity contribution in [3.05, 3.63) is 23.8 Å². The molecule has 2 rings (SSSR count). The minimum absolute atomic E-state index is 0.238. The van der Waals surface area contributed by atoms with Crippen molar-refractivity contribution in [2.75, 3.05) is 23.9 Å². The first-order chi connectivity index (χ1) is 8.76. The topological polar surface area (TPSA) is 29.5 Å². The first-order valence-electron chi connectivity index (χ1n) is 6.29. The Labute approximate surface area is 116 Å². The van der Waals surface area contributed by atoms with Crippen LogP contribution in [0.5, 0.6) is 5.75 Å². The van der Waals surface area contributed by atoms with Gasteiger partial charge in [-0.2, -0.15) is 0 Å². The van der Waals surface area contributed by atoms with Gasteiger partial charge in [0.15, 0.2) is 0 Å². The van der Waals surface area contributed by atoms with Crippen molar-refractivity contribution < 1.29 is 9.53 Å². The van der Waals surface area contributed by atoms with Crippen molar-refractivity contribution in [3.8, 4) is 5.75 Å². The zero-order chi connectivity index (χ0) is 13.0. The Hall–Kier alpha value is -1.03. The number of rotatable bonds is 5. The minimum atomic E-state index is 0.238. The summed E-state index contributed by atoms with van der Waals surface area (Å²) >= 11 is 3.42. The van der Waals surface area contributed by atoms with E-state index in [9.17, 15) is 4.79 Å². The normalized spacial score (nSPS) is 14.6. The van der Waals surface area contributed by atoms with Gasteiger partial charge in [0.25, 0.3) is 0 Å². The Morgan fingerprint density at radius 1 is 1.33 bits per heavy atom. The van der Waals surface area contributed by atoms with Crippen LogP contribution in [0.3, 0.4) is 0 Å². The van der Waals surface area contributed by atoms with Gasteiger partial charge in [-0.05, 0) is 43.0 Å². The molecule has 0 spiro atoms. The van der Waals surface area contributed by atoms with Crippen LogP contribution in [0.4, 0.5) is 5.69 Å². The van der Waals surface area contributed by atoms with E-state index in [-0.39, 0.29) is 5.91 Å². The van der Waals surface area contributed by atoms with Crippen LogP contribution in [-0.2, 0) is 11.2 Å². The highest BCUT2D eigenvalue weighted by Crippen LogP contribution is 2.31. The number of alkyl halides is 1. The fourth-order valence-electron chi connectivity index (χ4n) is 2.27. The number of aryl methyl sites for hydroxylation is 1. The van der Waals surface area contributed by atoms with Gasteiger partial charge in [0.1, 0.15) is 5.75 Å². The summed E-state index contributed by atoms with van der Waals surface area (Å²) in [4.78, 5) is 13.9. The Balaban J connectivity index is 2.18. The number of anilines is 1. The van der Waals surface area contributed by atoms with Gasteiger partial charge in [-0.15, -0.1) is 0 Å². The number of carbonyl (C=O) groups is 1. The summed E-state index contributed by atoms with van der Waals surface area (Å²) in [5.41, 5.74) is 2.27. The summed E-state index contributed by atoms with van der Waals surface area (Å²) < 4.78 is 5.23. The molecule has 4 heteroatoms. The molecule has 0 bridgehead atoms. The van der Waals surface area contributed by atoms with Crippen molar-refractivity contribution in [3.63, 3.8) is 0 Å². The highest BCUT2D eigenvalue weighted by Gasteiger charge is 2.23. The lowest BCUT2D eigenvalue weighted by atomic mass is 10.0. The van der Waals surface area contributed by atoms with Crippen LogP contribution in [0, 0.1) is 0 Å². The van der Waals surface area contributed by atoms with E-state index in [1.54, 1.807) is 7.11 Å². The molecule has 0 saturated carbocycles. The van der Waals surface area contributed by atoms with Gasteiger partial charge in [0, 0.05) is 24.0 Å². The number of hydrogen-bond donors (Lipinski definition) is 0. The zero-order valence-corrected chi connectivity index (χ0v) is 12.2. The number of amides is 1. The summed E-state index contributed by atoms with van der Waals surface area (Å²) in [6.07, 6.45) is 3.55. The fourth-order valence-corrected chi connectivity index (χ4v) is 2.67. The van der Waals surface area contributed by atoms with Crippen LogP contribution in [0.15, 0.2) is 18.2 Å². The van der Waals surface area contributed by atoms with Crippen LogP contribution >= 0.6 is 15.9 Å². The van der Waals surface area contributed by atoms with Gasteiger partial charge in [-0.25, -0.2) is 0 Å². The Kier molecular flexibility index (Phi) is 4.64. The molecule has 1 aliphatic heterocycles. The predicted molar refractivity (Wildman–Crippen MR) is 76.7 cm³/mol. The summed E-state index contributed by atoms with van der Waals surface area (Å²) in [6, 6.07) is 5.97. The lowest BCUT2D eigenvalue weighted by Gasteiger charge is -2.29. The van der Waals surface area contributed by atoms with Crippen molar-refractivity contribution in [1.29, 1.82) is 0 Å². The quantitative estimate of drug-likeness (QED) is 0.617. The number of fused-ring (bicyclic) bond motifs is 1. The first-order valence-corrected chi connectivity index (χ1v) is 7.41. The summed E-state index contributed by atoms with van der Waals surface area (Å²) in [7, 11) is 1.67. The van der Waals surface area contributed by atoms with Gasteiger partial charge in [-0.3, -0.25) is 4.79 Å². The number of benzene rings is 1. The van der Waals surface area contributed by atoms with Crippen LogP contribution in [0.25, 0.3) is 0 Å². The standard InChI is InChI=1S/C14H18BrNO2/c1-18-12-5-6-13-11(10-12)4-7-14(17)16(13)9-3-2-8-15/h5-6,10H,2-4,7-9H2,1H3. The minimum Gasteiger partial charge on any atom is -0.497 e.